The van der Waals surface area contributed by atoms with Crippen molar-refractivity contribution in [2.24, 2.45) is 0 Å². The maximum Gasteiger partial charge on any atom is 0.164 e. The van der Waals surface area contributed by atoms with Crippen molar-refractivity contribution in [2.75, 3.05) is 0 Å². The van der Waals surface area contributed by atoms with E-state index >= 15 is 0 Å². The fraction of sp³-hybridized carbons (Fsp3) is 0. The Labute approximate surface area is 282 Å². The highest BCUT2D eigenvalue weighted by Crippen LogP contribution is 2.42. The Morgan fingerprint density at radius 1 is 0.306 bits per heavy atom. The Morgan fingerprint density at radius 2 is 0.816 bits per heavy atom. The average Bonchev–Trinajstić information content (AvgIpc) is 3.56. The van der Waals surface area contributed by atoms with Gasteiger partial charge in [0.2, 0.25) is 0 Å². The zero-order valence-corrected chi connectivity index (χ0v) is 26.3. The first-order valence-electron chi connectivity index (χ1n) is 16.4. The van der Waals surface area contributed by atoms with E-state index in [0.717, 1.165) is 65.9 Å². The second-order valence-electron chi connectivity index (χ2n) is 12.4. The van der Waals surface area contributed by atoms with Gasteiger partial charge in [-0.15, -0.1) is 0 Å². The third kappa shape index (κ3) is 4.49. The smallest absolute Gasteiger partial charge is 0.164 e. The molecular formula is C45H27N3O. The topological polar surface area (TPSA) is 51.8 Å². The number of fused-ring (bicyclic) bond motifs is 9. The van der Waals surface area contributed by atoms with Crippen LogP contribution in [0.15, 0.2) is 168 Å². The third-order valence-corrected chi connectivity index (χ3v) is 9.51. The van der Waals surface area contributed by atoms with Crippen molar-refractivity contribution in [2.45, 2.75) is 0 Å². The minimum absolute atomic E-state index is 0.643. The number of aromatic nitrogens is 3. The first-order valence-corrected chi connectivity index (χ1v) is 16.4. The molecular weight excluding hydrogens is 599 g/mol. The lowest BCUT2D eigenvalue weighted by Gasteiger charge is -2.15. The van der Waals surface area contributed by atoms with Crippen molar-refractivity contribution in [1.82, 2.24) is 15.0 Å². The van der Waals surface area contributed by atoms with Gasteiger partial charge in [0.25, 0.3) is 0 Å². The molecule has 10 aromatic rings. The highest BCUT2D eigenvalue weighted by molar-refractivity contribution is 6.28. The highest BCUT2D eigenvalue weighted by Gasteiger charge is 2.18. The summed E-state index contributed by atoms with van der Waals surface area (Å²) in [5, 5.41) is 9.28. The van der Waals surface area contributed by atoms with Gasteiger partial charge in [-0.05, 0) is 62.3 Å². The van der Waals surface area contributed by atoms with Crippen molar-refractivity contribution in [1.29, 1.82) is 0 Å². The monoisotopic (exact) mass is 625 g/mol. The first kappa shape index (κ1) is 27.5. The van der Waals surface area contributed by atoms with Crippen molar-refractivity contribution in [3.63, 3.8) is 0 Å². The summed E-state index contributed by atoms with van der Waals surface area (Å²) < 4.78 is 6.28. The van der Waals surface area contributed by atoms with Crippen molar-refractivity contribution >= 4 is 54.3 Å². The summed E-state index contributed by atoms with van der Waals surface area (Å²) in [4.78, 5) is 15.2. The van der Waals surface area contributed by atoms with Crippen LogP contribution in [0.5, 0.6) is 0 Å². The molecule has 2 heterocycles. The van der Waals surface area contributed by atoms with Gasteiger partial charge in [0.05, 0.1) is 0 Å². The van der Waals surface area contributed by atoms with Crippen LogP contribution >= 0.6 is 0 Å². The summed E-state index contributed by atoms with van der Waals surface area (Å²) in [7, 11) is 0. The van der Waals surface area contributed by atoms with Gasteiger partial charge in [-0.1, -0.05) is 140 Å². The predicted octanol–water partition coefficient (Wildman–Crippen LogP) is 11.9. The zero-order valence-electron chi connectivity index (χ0n) is 26.3. The van der Waals surface area contributed by atoms with Crippen LogP contribution in [0.3, 0.4) is 0 Å². The second kappa shape index (κ2) is 11.0. The summed E-state index contributed by atoms with van der Waals surface area (Å²) in [5.41, 5.74) is 6.86. The summed E-state index contributed by atoms with van der Waals surface area (Å²) in [6, 6.07) is 56.9. The van der Waals surface area contributed by atoms with Gasteiger partial charge in [-0.25, -0.2) is 15.0 Å². The summed E-state index contributed by atoms with van der Waals surface area (Å²) in [6.45, 7) is 0. The predicted molar refractivity (Wildman–Crippen MR) is 201 cm³/mol. The second-order valence-corrected chi connectivity index (χ2v) is 12.4. The molecule has 4 nitrogen and oxygen atoms in total. The van der Waals surface area contributed by atoms with Crippen LogP contribution in [-0.2, 0) is 0 Å². The van der Waals surface area contributed by atoms with E-state index in [4.69, 9.17) is 19.4 Å². The molecule has 10 rings (SSSR count). The van der Waals surface area contributed by atoms with Crippen LogP contribution in [-0.4, -0.2) is 15.0 Å². The summed E-state index contributed by atoms with van der Waals surface area (Å²) in [6.07, 6.45) is 0. The molecule has 0 N–H and O–H groups in total. The van der Waals surface area contributed by atoms with Gasteiger partial charge in [-0.3, -0.25) is 0 Å². The SMILES string of the molecule is c1ccc(-c2nc(-c3ccccc3)nc(-c3cccc4c5ccccc5c5ccc(-c6ccc7c(c6)oc6ccccc67)cc5c34)n2)cc1. The number of benzene rings is 8. The Morgan fingerprint density at radius 3 is 1.53 bits per heavy atom. The van der Waals surface area contributed by atoms with E-state index in [1.54, 1.807) is 0 Å². The first-order chi connectivity index (χ1) is 24.3. The van der Waals surface area contributed by atoms with Gasteiger partial charge in [0, 0.05) is 32.8 Å². The average molecular weight is 626 g/mol. The maximum atomic E-state index is 6.28. The highest BCUT2D eigenvalue weighted by atomic mass is 16.3. The van der Waals surface area contributed by atoms with Crippen LogP contribution in [0.2, 0.25) is 0 Å². The molecule has 0 radical (unpaired) electrons. The van der Waals surface area contributed by atoms with Crippen LogP contribution in [0.4, 0.5) is 0 Å². The van der Waals surface area contributed by atoms with E-state index in [9.17, 15) is 0 Å². The molecule has 0 aliphatic carbocycles. The lowest BCUT2D eigenvalue weighted by molar-refractivity contribution is 0.669. The largest absolute Gasteiger partial charge is 0.456 e. The molecule has 0 aliphatic rings. The van der Waals surface area contributed by atoms with Crippen molar-refractivity contribution in [3.8, 4) is 45.3 Å². The van der Waals surface area contributed by atoms with Gasteiger partial charge in [-0.2, -0.15) is 0 Å². The number of furan rings is 1. The van der Waals surface area contributed by atoms with Gasteiger partial charge < -0.3 is 4.42 Å². The van der Waals surface area contributed by atoms with Gasteiger partial charge in [0.1, 0.15) is 11.2 Å². The van der Waals surface area contributed by atoms with Crippen LogP contribution in [0.1, 0.15) is 0 Å². The molecule has 0 bridgehead atoms. The Kier molecular flexibility index (Phi) is 6.15. The van der Waals surface area contributed by atoms with Crippen molar-refractivity contribution in [3.05, 3.63) is 164 Å². The third-order valence-electron chi connectivity index (χ3n) is 9.51. The molecule has 8 aromatic carbocycles. The Balaban J connectivity index is 1.26. The molecule has 0 atom stereocenters. The number of nitrogens with zero attached hydrogens (tertiary/aromatic N) is 3. The molecule has 0 fully saturated rings. The fourth-order valence-corrected chi connectivity index (χ4v) is 7.21. The molecule has 0 saturated heterocycles. The summed E-state index contributed by atoms with van der Waals surface area (Å²) >= 11 is 0. The van der Waals surface area contributed by atoms with E-state index in [1.165, 1.54) is 16.2 Å². The lowest BCUT2D eigenvalue weighted by Crippen LogP contribution is -2.00. The van der Waals surface area contributed by atoms with E-state index in [1.807, 2.05) is 72.8 Å². The fourth-order valence-electron chi connectivity index (χ4n) is 7.21. The Hall–Kier alpha value is -6.65. The number of rotatable bonds is 4. The Bertz CT molecular complexity index is 2820. The van der Waals surface area contributed by atoms with Gasteiger partial charge in [0.15, 0.2) is 17.5 Å². The van der Waals surface area contributed by atoms with E-state index < -0.39 is 0 Å². The zero-order chi connectivity index (χ0) is 32.3. The molecule has 228 valence electrons. The maximum absolute atomic E-state index is 6.28. The number of hydrogen-bond donors (Lipinski definition) is 0. The van der Waals surface area contributed by atoms with E-state index in [0.29, 0.717) is 17.5 Å². The van der Waals surface area contributed by atoms with Crippen molar-refractivity contribution < 1.29 is 4.42 Å². The molecule has 0 saturated carbocycles. The molecule has 0 aliphatic heterocycles. The number of para-hydroxylation sites is 1. The molecule has 0 amide bonds. The summed E-state index contributed by atoms with van der Waals surface area (Å²) in [5.74, 6) is 1.93. The lowest BCUT2D eigenvalue weighted by atomic mass is 9.89. The van der Waals surface area contributed by atoms with Gasteiger partial charge >= 0.3 is 0 Å². The normalized spacial score (nSPS) is 11.7. The molecule has 0 unspecified atom stereocenters. The number of hydrogen-bond acceptors (Lipinski definition) is 4. The molecule has 0 spiro atoms. The minimum atomic E-state index is 0.643. The van der Waals surface area contributed by atoms with E-state index in [-0.39, 0.29) is 0 Å². The quantitative estimate of drug-likeness (QED) is 0.183. The standard InChI is InChI=1S/C45H27N3O/c1-3-12-28(13-4-1)43-46-44(29-14-5-2-6-15-29)48-45(47-43)38-20-11-19-37-33-17-8-7-16-32(33)34-24-22-30(26-39(34)42(37)38)31-23-25-36-35-18-9-10-21-40(35)49-41(36)27-31/h1-27H. The van der Waals surface area contributed by atoms with E-state index in [2.05, 4.69) is 91.0 Å². The minimum Gasteiger partial charge on any atom is -0.456 e. The molecule has 2 aromatic heterocycles. The van der Waals surface area contributed by atoms with Crippen LogP contribution < -0.4 is 0 Å². The molecule has 49 heavy (non-hydrogen) atoms. The van der Waals surface area contributed by atoms with Crippen LogP contribution in [0, 0.1) is 0 Å². The van der Waals surface area contributed by atoms with Crippen LogP contribution in [0.25, 0.3) is 99.5 Å². The molecule has 4 heteroatoms.